The molecule has 3 atom stereocenters. The molecule has 1 aromatic heterocycles. The molecule has 0 saturated heterocycles. The summed E-state index contributed by atoms with van der Waals surface area (Å²) >= 11 is 2.02. The highest BCUT2D eigenvalue weighted by molar-refractivity contribution is 7.11. The summed E-state index contributed by atoms with van der Waals surface area (Å²) in [6.45, 7) is 0. The minimum Gasteiger partial charge on any atom is -0.308 e. The van der Waals surface area contributed by atoms with E-state index in [-0.39, 0.29) is 5.54 Å². The Labute approximate surface area is 113 Å². The molecule has 18 heavy (non-hydrogen) atoms. The highest BCUT2D eigenvalue weighted by Crippen LogP contribution is 2.56. The molecular formula is C15H22N2S. The van der Waals surface area contributed by atoms with Gasteiger partial charge in [-0.2, -0.15) is 0 Å². The van der Waals surface area contributed by atoms with Gasteiger partial charge in [-0.3, -0.25) is 0 Å². The van der Waals surface area contributed by atoms with Crippen molar-refractivity contribution in [1.82, 2.24) is 10.3 Å². The van der Waals surface area contributed by atoms with Gasteiger partial charge in [0.05, 0.1) is 11.2 Å². The first kappa shape index (κ1) is 11.4. The number of aryl methyl sites for hydroxylation is 2. The Morgan fingerprint density at radius 3 is 2.83 bits per heavy atom. The van der Waals surface area contributed by atoms with Crippen molar-refractivity contribution < 1.29 is 0 Å². The van der Waals surface area contributed by atoms with E-state index >= 15 is 0 Å². The molecule has 1 aromatic rings. The summed E-state index contributed by atoms with van der Waals surface area (Å²) in [6, 6.07) is 0. The Morgan fingerprint density at radius 2 is 2.17 bits per heavy atom. The van der Waals surface area contributed by atoms with Crippen molar-refractivity contribution >= 4 is 11.3 Å². The van der Waals surface area contributed by atoms with Crippen LogP contribution in [0, 0.1) is 11.8 Å². The molecule has 1 heterocycles. The molecule has 0 amide bonds. The van der Waals surface area contributed by atoms with Crippen molar-refractivity contribution in [3.63, 3.8) is 0 Å². The molecule has 3 unspecified atom stereocenters. The summed E-state index contributed by atoms with van der Waals surface area (Å²) in [6.07, 6.45) is 10.9. The van der Waals surface area contributed by atoms with Crippen molar-refractivity contribution in [1.29, 1.82) is 0 Å². The highest BCUT2D eigenvalue weighted by atomic mass is 32.1. The van der Waals surface area contributed by atoms with Gasteiger partial charge in [0.1, 0.15) is 5.01 Å². The van der Waals surface area contributed by atoms with Gasteiger partial charge >= 0.3 is 0 Å². The van der Waals surface area contributed by atoms with Gasteiger partial charge in [-0.25, -0.2) is 4.98 Å². The summed E-state index contributed by atoms with van der Waals surface area (Å²) in [5.41, 5.74) is 1.67. The molecule has 3 aliphatic carbocycles. The van der Waals surface area contributed by atoms with E-state index in [2.05, 4.69) is 12.4 Å². The van der Waals surface area contributed by atoms with Crippen LogP contribution < -0.4 is 5.32 Å². The lowest BCUT2D eigenvalue weighted by Gasteiger charge is -2.35. The molecule has 2 bridgehead atoms. The molecule has 3 heteroatoms. The molecule has 2 nitrogen and oxygen atoms in total. The molecule has 0 aromatic carbocycles. The zero-order valence-electron chi connectivity index (χ0n) is 11.2. The molecule has 3 aliphatic rings. The normalized spacial score (nSPS) is 38.1. The molecular weight excluding hydrogens is 240 g/mol. The maximum Gasteiger partial charge on any atom is 0.114 e. The molecule has 1 N–H and O–H groups in total. The summed E-state index contributed by atoms with van der Waals surface area (Å²) in [4.78, 5) is 6.64. The maximum absolute atomic E-state index is 5.05. The number of thiazole rings is 1. The number of aromatic nitrogens is 1. The third kappa shape index (κ3) is 1.47. The third-order valence-corrected chi connectivity index (χ3v) is 6.86. The van der Waals surface area contributed by atoms with E-state index in [1.807, 2.05) is 11.3 Å². The Morgan fingerprint density at radius 1 is 1.28 bits per heavy atom. The van der Waals surface area contributed by atoms with Crippen LogP contribution in [0.4, 0.5) is 0 Å². The topological polar surface area (TPSA) is 24.9 Å². The number of fused-ring (bicyclic) bond motifs is 3. The molecule has 4 rings (SSSR count). The van der Waals surface area contributed by atoms with Gasteiger partial charge in [0.25, 0.3) is 0 Å². The van der Waals surface area contributed by atoms with Crippen LogP contribution in [0.2, 0.25) is 0 Å². The van der Waals surface area contributed by atoms with Crippen molar-refractivity contribution in [2.24, 2.45) is 11.8 Å². The first-order chi connectivity index (χ1) is 8.82. The minimum atomic E-state index is 0.241. The molecule has 98 valence electrons. The first-order valence-corrected chi connectivity index (χ1v) is 8.31. The fourth-order valence-corrected chi connectivity index (χ4v) is 5.98. The second-order valence-corrected chi connectivity index (χ2v) is 7.48. The lowest BCUT2D eigenvalue weighted by molar-refractivity contribution is 0.224. The predicted molar refractivity (Wildman–Crippen MR) is 74.9 cm³/mol. The first-order valence-electron chi connectivity index (χ1n) is 7.50. The molecule has 0 spiro atoms. The maximum atomic E-state index is 5.05. The van der Waals surface area contributed by atoms with Gasteiger partial charge in [0.2, 0.25) is 0 Å². The van der Waals surface area contributed by atoms with Gasteiger partial charge in [-0.15, -0.1) is 11.3 Å². The number of hydrogen-bond acceptors (Lipinski definition) is 3. The third-order valence-electron chi connectivity index (χ3n) is 5.52. The Kier molecular flexibility index (Phi) is 2.56. The summed E-state index contributed by atoms with van der Waals surface area (Å²) in [5.74, 6) is 1.81. The van der Waals surface area contributed by atoms with Crippen molar-refractivity contribution in [3.05, 3.63) is 15.6 Å². The van der Waals surface area contributed by atoms with Gasteiger partial charge in [-0.1, -0.05) is 6.42 Å². The second kappa shape index (κ2) is 4.04. The van der Waals surface area contributed by atoms with E-state index in [1.165, 1.54) is 62.1 Å². The van der Waals surface area contributed by atoms with Crippen LogP contribution in [-0.4, -0.2) is 12.0 Å². The van der Waals surface area contributed by atoms with Crippen LogP contribution >= 0.6 is 11.3 Å². The Bertz CT molecular complexity index is 444. The average molecular weight is 262 g/mol. The zero-order chi connectivity index (χ0) is 12.2. The van der Waals surface area contributed by atoms with Crippen molar-refractivity contribution in [2.75, 3.05) is 7.05 Å². The Hall–Kier alpha value is -0.410. The van der Waals surface area contributed by atoms with Crippen LogP contribution in [0.1, 0.15) is 54.1 Å². The van der Waals surface area contributed by atoms with Crippen LogP contribution in [0.15, 0.2) is 0 Å². The largest absolute Gasteiger partial charge is 0.308 e. The van der Waals surface area contributed by atoms with E-state index in [1.54, 1.807) is 4.88 Å². The van der Waals surface area contributed by atoms with E-state index < -0.39 is 0 Å². The lowest BCUT2D eigenvalue weighted by Crippen LogP contribution is -2.44. The van der Waals surface area contributed by atoms with E-state index in [0.29, 0.717) is 0 Å². The molecule has 0 aliphatic heterocycles. The number of nitrogens with one attached hydrogen (secondary N) is 1. The number of nitrogens with zero attached hydrogens (tertiary/aromatic N) is 1. The number of rotatable bonds is 2. The number of hydrogen-bond donors (Lipinski definition) is 1. The van der Waals surface area contributed by atoms with Crippen LogP contribution in [0.5, 0.6) is 0 Å². The van der Waals surface area contributed by atoms with Gasteiger partial charge in [0, 0.05) is 4.88 Å². The summed E-state index contributed by atoms with van der Waals surface area (Å²) < 4.78 is 0. The highest BCUT2D eigenvalue weighted by Gasteiger charge is 2.52. The molecule has 2 saturated carbocycles. The van der Waals surface area contributed by atoms with Crippen molar-refractivity contribution in [3.8, 4) is 0 Å². The smallest absolute Gasteiger partial charge is 0.114 e. The van der Waals surface area contributed by atoms with Crippen LogP contribution in [-0.2, 0) is 18.4 Å². The molecule has 2 fully saturated rings. The van der Waals surface area contributed by atoms with E-state index in [0.717, 1.165) is 11.8 Å². The van der Waals surface area contributed by atoms with Crippen molar-refractivity contribution in [2.45, 2.75) is 56.9 Å². The van der Waals surface area contributed by atoms with Crippen LogP contribution in [0.25, 0.3) is 0 Å². The Balaban J connectivity index is 1.74. The van der Waals surface area contributed by atoms with Gasteiger partial charge < -0.3 is 5.32 Å². The SMILES string of the molecule is CNC1(c2nc3c(s2)CCCC3)CC2CCC1C2. The fourth-order valence-electron chi connectivity index (χ4n) is 4.55. The lowest BCUT2D eigenvalue weighted by atomic mass is 9.81. The standard InChI is InChI=1S/C15H22N2S/c1-16-15(9-10-6-7-11(15)8-10)14-17-12-4-2-3-5-13(12)18-14/h10-11,16H,2-9H2,1H3. The fraction of sp³-hybridized carbons (Fsp3) is 0.800. The predicted octanol–water partition coefficient (Wildman–Crippen LogP) is 3.26. The molecule has 0 radical (unpaired) electrons. The average Bonchev–Trinajstić information content (AvgIpc) is 3.11. The minimum absolute atomic E-state index is 0.241. The summed E-state index contributed by atoms with van der Waals surface area (Å²) in [5, 5.41) is 5.10. The second-order valence-electron chi connectivity index (χ2n) is 6.40. The van der Waals surface area contributed by atoms with E-state index in [9.17, 15) is 0 Å². The van der Waals surface area contributed by atoms with Gasteiger partial charge in [0.15, 0.2) is 0 Å². The van der Waals surface area contributed by atoms with Crippen LogP contribution in [0.3, 0.4) is 0 Å². The summed E-state index contributed by atoms with van der Waals surface area (Å²) in [7, 11) is 2.15. The van der Waals surface area contributed by atoms with Gasteiger partial charge in [-0.05, 0) is 63.8 Å². The van der Waals surface area contributed by atoms with E-state index in [4.69, 9.17) is 4.98 Å². The monoisotopic (exact) mass is 262 g/mol. The quantitative estimate of drug-likeness (QED) is 0.885. The zero-order valence-corrected chi connectivity index (χ0v) is 12.0.